The number of carbonyl (C=O) groups is 1. The van der Waals surface area contributed by atoms with Crippen LogP contribution in [0.2, 0.25) is 0 Å². The zero-order valence-corrected chi connectivity index (χ0v) is 9.08. The molecule has 2 rings (SSSR count). The van der Waals surface area contributed by atoms with E-state index < -0.39 is 0 Å². The summed E-state index contributed by atoms with van der Waals surface area (Å²) in [4.78, 5) is 11.7. The average molecular weight is 238 g/mol. The second-order valence-corrected chi connectivity index (χ2v) is 3.81. The van der Waals surface area contributed by atoms with Crippen LogP contribution >= 0.6 is 11.5 Å². The standard InChI is InChI=1S/C9H7FN4OS/c1-5-4-6(10)2-3-7(5)8(15)11-9-12-13-14-16-9/h2-4H,1H3,(H,11,12,14,15). The van der Waals surface area contributed by atoms with E-state index in [-0.39, 0.29) is 11.7 Å². The molecule has 0 unspecified atom stereocenters. The molecule has 1 heterocycles. The lowest BCUT2D eigenvalue weighted by Crippen LogP contribution is -2.13. The molecule has 16 heavy (non-hydrogen) atoms. The Morgan fingerprint density at radius 3 is 2.94 bits per heavy atom. The highest BCUT2D eigenvalue weighted by Gasteiger charge is 2.11. The van der Waals surface area contributed by atoms with Crippen molar-refractivity contribution in [2.45, 2.75) is 6.92 Å². The Kier molecular flexibility index (Phi) is 2.86. The lowest BCUT2D eigenvalue weighted by molar-refractivity contribution is 0.102. The molecule has 0 radical (unpaired) electrons. The van der Waals surface area contributed by atoms with Crippen molar-refractivity contribution >= 4 is 22.6 Å². The van der Waals surface area contributed by atoms with E-state index in [1.807, 2.05) is 0 Å². The maximum absolute atomic E-state index is 12.8. The van der Waals surface area contributed by atoms with Gasteiger partial charge in [-0.3, -0.25) is 10.1 Å². The number of halogens is 1. The number of carbonyl (C=O) groups excluding carboxylic acids is 1. The molecule has 1 amide bonds. The minimum absolute atomic E-state index is 0.314. The van der Waals surface area contributed by atoms with Gasteiger partial charge in [-0.1, -0.05) is 9.59 Å². The summed E-state index contributed by atoms with van der Waals surface area (Å²) in [6, 6.07) is 3.96. The van der Waals surface area contributed by atoms with Crippen molar-refractivity contribution in [2.75, 3.05) is 5.32 Å². The van der Waals surface area contributed by atoms with Gasteiger partial charge in [0.05, 0.1) is 0 Å². The largest absolute Gasteiger partial charge is 0.295 e. The summed E-state index contributed by atoms with van der Waals surface area (Å²) in [6.07, 6.45) is 0. The maximum Gasteiger partial charge on any atom is 0.257 e. The third-order valence-electron chi connectivity index (χ3n) is 1.95. The Morgan fingerprint density at radius 1 is 1.50 bits per heavy atom. The van der Waals surface area contributed by atoms with E-state index in [1.54, 1.807) is 6.92 Å². The Hall–Kier alpha value is -1.89. The summed E-state index contributed by atoms with van der Waals surface area (Å²) >= 11 is 0.977. The van der Waals surface area contributed by atoms with E-state index in [0.29, 0.717) is 16.3 Å². The van der Waals surface area contributed by atoms with Crippen LogP contribution in [0.1, 0.15) is 15.9 Å². The van der Waals surface area contributed by atoms with Crippen molar-refractivity contribution in [1.29, 1.82) is 0 Å². The van der Waals surface area contributed by atoms with Crippen LogP contribution in [0.25, 0.3) is 0 Å². The topological polar surface area (TPSA) is 67.8 Å². The number of aromatic nitrogens is 3. The Labute approximate surface area is 94.5 Å². The molecule has 1 aromatic heterocycles. The van der Waals surface area contributed by atoms with Gasteiger partial charge in [0.15, 0.2) is 0 Å². The second-order valence-electron chi connectivity index (χ2n) is 3.08. The number of nitrogens with one attached hydrogen (secondary N) is 1. The van der Waals surface area contributed by atoms with Gasteiger partial charge >= 0.3 is 0 Å². The van der Waals surface area contributed by atoms with Gasteiger partial charge in [0.1, 0.15) is 5.82 Å². The molecule has 0 aliphatic carbocycles. The highest BCUT2D eigenvalue weighted by molar-refractivity contribution is 7.09. The quantitative estimate of drug-likeness (QED) is 0.863. The molecule has 0 aliphatic rings. The van der Waals surface area contributed by atoms with E-state index in [4.69, 9.17) is 0 Å². The Bertz CT molecular complexity index is 514. The zero-order valence-electron chi connectivity index (χ0n) is 8.27. The molecular weight excluding hydrogens is 231 g/mol. The summed E-state index contributed by atoms with van der Waals surface area (Å²) in [7, 11) is 0. The van der Waals surface area contributed by atoms with Crippen LogP contribution in [-0.2, 0) is 0 Å². The molecular formula is C9H7FN4OS. The predicted molar refractivity (Wildman–Crippen MR) is 56.8 cm³/mol. The summed E-state index contributed by atoms with van der Waals surface area (Å²) in [5, 5.41) is 9.76. The van der Waals surface area contributed by atoms with Gasteiger partial charge in [-0.25, -0.2) is 4.39 Å². The van der Waals surface area contributed by atoms with Gasteiger partial charge in [-0.15, -0.1) is 0 Å². The van der Waals surface area contributed by atoms with Crippen LogP contribution in [0.3, 0.4) is 0 Å². The summed E-state index contributed by atoms with van der Waals surface area (Å²) in [5.41, 5.74) is 0.964. The van der Waals surface area contributed by atoms with Gasteiger partial charge < -0.3 is 0 Å². The predicted octanol–water partition coefficient (Wildman–Crippen LogP) is 1.63. The summed E-state index contributed by atoms with van der Waals surface area (Å²) < 4.78 is 16.3. The Morgan fingerprint density at radius 2 is 2.31 bits per heavy atom. The first kappa shape index (κ1) is 10.6. The minimum Gasteiger partial charge on any atom is -0.295 e. The lowest BCUT2D eigenvalue weighted by atomic mass is 10.1. The smallest absolute Gasteiger partial charge is 0.257 e. The van der Waals surface area contributed by atoms with E-state index in [2.05, 4.69) is 20.1 Å². The van der Waals surface area contributed by atoms with Crippen molar-refractivity contribution in [1.82, 2.24) is 14.8 Å². The number of hydrogen-bond donors (Lipinski definition) is 1. The van der Waals surface area contributed by atoms with Gasteiger partial charge in [-0.05, 0) is 35.9 Å². The first-order chi connectivity index (χ1) is 7.66. The molecule has 0 atom stereocenters. The SMILES string of the molecule is Cc1cc(F)ccc1C(=O)Nc1nnns1. The van der Waals surface area contributed by atoms with Crippen molar-refractivity contribution < 1.29 is 9.18 Å². The molecule has 0 saturated heterocycles. The normalized spacial score (nSPS) is 10.1. The van der Waals surface area contributed by atoms with Crippen molar-refractivity contribution in [3.8, 4) is 0 Å². The molecule has 5 nitrogen and oxygen atoms in total. The zero-order chi connectivity index (χ0) is 11.5. The fourth-order valence-corrected chi connectivity index (χ4v) is 1.59. The van der Waals surface area contributed by atoms with Crippen LogP contribution in [0.5, 0.6) is 0 Å². The molecule has 2 aromatic rings. The highest BCUT2D eigenvalue weighted by atomic mass is 32.1. The fraction of sp³-hybridized carbons (Fsp3) is 0.111. The number of aryl methyl sites for hydroxylation is 1. The second kappa shape index (κ2) is 4.31. The molecule has 0 saturated carbocycles. The number of amides is 1. The number of anilines is 1. The van der Waals surface area contributed by atoms with Gasteiger partial charge in [0.25, 0.3) is 5.91 Å². The average Bonchev–Trinajstić information content (AvgIpc) is 2.70. The molecule has 0 aliphatic heterocycles. The maximum atomic E-state index is 12.8. The van der Waals surface area contributed by atoms with Crippen molar-refractivity contribution in [3.05, 3.63) is 35.1 Å². The van der Waals surface area contributed by atoms with E-state index in [0.717, 1.165) is 11.5 Å². The van der Waals surface area contributed by atoms with Crippen molar-refractivity contribution in [3.63, 3.8) is 0 Å². The number of benzene rings is 1. The van der Waals surface area contributed by atoms with E-state index in [9.17, 15) is 9.18 Å². The molecule has 82 valence electrons. The minimum atomic E-state index is -0.369. The fourth-order valence-electron chi connectivity index (χ4n) is 1.23. The highest BCUT2D eigenvalue weighted by Crippen LogP contribution is 2.13. The summed E-state index contributed by atoms with van der Waals surface area (Å²) in [5.74, 6) is -0.720. The monoisotopic (exact) mass is 238 g/mol. The number of hydrogen-bond acceptors (Lipinski definition) is 5. The van der Waals surface area contributed by atoms with Gasteiger partial charge in [-0.2, -0.15) is 0 Å². The van der Waals surface area contributed by atoms with Gasteiger partial charge in [0.2, 0.25) is 5.13 Å². The van der Waals surface area contributed by atoms with Crippen LogP contribution in [0.4, 0.5) is 9.52 Å². The molecule has 1 N–H and O–H groups in total. The first-order valence-electron chi connectivity index (χ1n) is 4.39. The third-order valence-corrected chi connectivity index (χ3v) is 2.46. The number of rotatable bonds is 2. The first-order valence-corrected chi connectivity index (χ1v) is 5.16. The van der Waals surface area contributed by atoms with Crippen LogP contribution in [-0.4, -0.2) is 20.7 Å². The number of nitrogens with zero attached hydrogens (tertiary/aromatic N) is 3. The molecule has 0 spiro atoms. The van der Waals surface area contributed by atoms with Gasteiger partial charge in [0, 0.05) is 17.1 Å². The molecule has 7 heteroatoms. The van der Waals surface area contributed by atoms with Crippen molar-refractivity contribution in [2.24, 2.45) is 0 Å². The lowest BCUT2D eigenvalue weighted by Gasteiger charge is -2.04. The molecule has 0 fully saturated rings. The van der Waals surface area contributed by atoms with Crippen LogP contribution in [0.15, 0.2) is 18.2 Å². The third kappa shape index (κ3) is 2.19. The molecule has 0 bridgehead atoms. The molecule has 1 aromatic carbocycles. The Balaban J connectivity index is 2.21. The van der Waals surface area contributed by atoms with E-state index >= 15 is 0 Å². The summed E-state index contributed by atoms with van der Waals surface area (Å²) in [6.45, 7) is 1.66. The van der Waals surface area contributed by atoms with Crippen LogP contribution in [0, 0.1) is 12.7 Å². The van der Waals surface area contributed by atoms with E-state index in [1.165, 1.54) is 18.2 Å². The van der Waals surface area contributed by atoms with Crippen LogP contribution < -0.4 is 5.32 Å².